The highest BCUT2D eigenvalue weighted by Crippen LogP contribution is 2.27. The highest BCUT2D eigenvalue weighted by atomic mass is 15.3. The van der Waals surface area contributed by atoms with Crippen LogP contribution in [0, 0.1) is 6.92 Å². The van der Waals surface area contributed by atoms with Crippen molar-refractivity contribution in [1.29, 1.82) is 0 Å². The predicted octanol–water partition coefficient (Wildman–Crippen LogP) is 1.65. The molecule has 1 unspecified atom stereocenters. The Kier molecular flexibility index (Phi) is 3.12. The quantitative estimate of drug-likeness (QED) is 0.818. The summed E-state index contributed by atoms with van der Waals surface area (Å²) in [5.74, 6) is 0.978. The molecular weight excluding hydrogens is 224 g/mol. The lowest BCUT2D eigenvalue weighted by Gasteiger charge is -2.44. The van der Waals surface area contributed by atoms with Crippen molar-refractivity contribution >= 4 is 11.5 Å². The van der Waals surface area contributed by atoms with Gasteiger partial charge in [0, 0.05) is 31.9 Å². The number of nitrogens with zero attached hydrogens (tertiary/aromatic N) is 3. The molecule has 2 fully saturated rings. The molecular formula is C14H22N4. The van der Waals surface area contributed by atoms with Gasteiger partial charge < -0.3 is 10.6 Å². The fourth-order valence-electron chi connectivity index (χ4n) is 3.20. The molecule has 98 valence electrons. The van der Waals surface area contributed by atoms with Gasteiger partial charge in [-0.05, 0) is 37.9 Å². The van der Waals surface area contributed by atoms with Gasteiger partial charge in [-0.2, -0.15) is 0 Å². The molecule has 0 amide bonds. The number of fused-ring (bicyclic) bond motifs is 1. The number of hydrogen-bond acceptors (Lipinski definition) is 4. The molecule has 4 heteroatoms. The number of rotatable bonds is 1. The molecule has 0 bridgehead atoms. The first-order valence-electron chi connectivity index (χ1n) is 6.95. The minimum Gasteiger partial charge on any atom is -0.396 e. The first kappa shape index (κ1) is 11.8. The molecule has 0 spiro atoms. The average molecular weight is 246 g/mol. The number of hydrogen-bond donors (Lipinski definition) is 1. The molecule has 4 nitrogen and oxygen atoms in total. The van der Waals surface area contributed by atoms with Crippen LogP contribution in [0.1, 0.15) is 24.8 Å². The smallest absolute Gasteiger partial charge is 0.151 e. The molecule has 0 aliphatic carbocycles. The van der Waals surface area contributed by atoms with Crippen molar-refractivity contribution in [2.75, 3.05) is 36.8 Å². The minimum absolute atomic E-state index is 0.704. The number of nitrogens with two attached hydrogens (primary N) is 1. The van der Waals surface area contributed by atoms with Gasteiger partial charge in [0.05, 0.1) is 5.69 Å². The van der Waals surface area contributed by atoms with Crippen LogP contribution in [0.2, 0.25) is 0 Å². The van der Waals surface area contributed by atoms with Crippen LogP contribution in [0.15, 0.2) is 12.3 Å². The zero-order valence-electron chi connectivity index (χ0n) is 11.1. The van der Waals surface area contributed by atoms with E-state index in [2.05, 4.69) is 14.8 Å². The van der Waals surface area contributed by atoms with Gasteiger partial charge in [-0.1, -0.05) is 6.42 Å². The summed E-state index contributed by atoms with van der Waals surface area (Å²) < 4.78 is 0. The number of anilines is 2. The lowest BCUT2D eigenvalue weighted by molar-refractivity contribution is 0.133. The SMILES string of the molecule is Cc1cnc(N2CCN3CCCCC3C2)c(N)c1. The summed E-state index contributed by atoms with van der Waals surface area (Å²) in [4.78, 5) is 9.51. The van der Waals surface area contributed by atoms with Crippen LogP contribution in [0.4, 0.5) is 11.5 Å². The van der Waals surface area contributed by atoms with E-state index in [4.69, 9.17) is 5.73 Å². The van der Waals surface area contributed by atoms with Crippen molar-refractivity contribution in [3.63, 3.8) is 0 Å². The van der Waals surface area contributed by atoms with Crippen molar-refractivity contribution in [3.8, 4) is 0 Å². The van der Waals surface area contributed by atoms with Gasteiger partial charge in [0.15, 0.2) is 5.82 Å². The molecule has 1 aromatic heterocycles. The lowest BCUT2D eigenvalue weighted by atomic mass is 9.99. The van der Waals surface area contributed by atoms with Crippen LogP contribution in [-0.4, -0.2) is 42.1 Å². The van der Waals surface area contributed by atoms with E-state index in [-0.39, 0.29) is 0 Å². The first-order chi connectivity index (χ1) is 8.74. The summed E-state index contributed by atoms with van der Waals surface area (Å²) in [6.07, 6.45) is 5.97. The Morgan fingerprint density at radius 3 is 3.00 bits per heavy atom. The van der Waals surface area contributed by atoms with E-state index in [1.165, 1.54) is 25.8 Å². The molecule has 2 aliphatic rings. The van der Waals surface area contributed by atoms with E-state index in [1.54, 1.807) is 0 Å². The predicted molar refractivity (Wildman–Crippen MR) is 74.8 cm³/mol. The van der Waals surface area contributed by atoms with Crippen LogP contribution in [-0.2, 0) is 0 Å². The highest BCUT2D eigenvalue weighted by molar-refractivity contribution is 5.63. The zero-order chi connectivity index (χ0) is 12.5. The van der Waals surface area contributed by atoms with Crippen LogP contribution in [0.3, 0.4) is 0 Å². The fourth-order valence-corrected chi connectivity index (χ4v) is 3.20. The maximum Gasteiger partial charge on any atom is 0.151 e. The molecule has 1 aromatic rings. The van der Waals surface area contributed by atoms with Crippen molar-refractivity contribution in [1.82, 2.24) is 9.88 Å². The van der Waals surface area contributed by atoms with Crippen LogP contribution >= 0.6 is 0 Å². The molecule has 0 radical (unpaired) electrons. The van der Waals surface area contributed by atoms with Gasteiger partial charge in [0.1, 0.15) is 0 Å². The Morgan fingerprint density at radius 2 is 2.17 bits per heavy atom. The minimum atomic E-state index is 0.704. The average Bonchev–Trinajstić information content (AvgIpc) is 2.38. The first-order valence-corrected chi connectivity index (χ1v) is 6.95. The van der Waals surface area contributed by atoms with E-state index >= 15 is 0 Å². The Bertz CT molecular complexity index is 432. The Morgan fingerprint density at radius 1 is 1.28 bits per heavy atom. The Balaban J connectivity index is 1.77. The summed E-state index contributed by atoms with van der Waals surface area (Å²) in [5.41, 5.74) is 8.05. The third kappa shape index (κ3) is 2.17. The number of piperidine rings is 1. The Labute approximate surface area is 109 Å². The van der Waals surface area contributed by atoms with Crippen LogP contribution in [0.5, 0.6) is 0 Å². The molecule has 3 heterocycles. The van der Waals surface area contributed by atoms with Crippen molar-refractivity contribution in [3.05, 3.63) is 17.8 Å². The van der Waals surface area contributed by atoms with Gasteiger partial charge in [-0.15, -0.1) is 0 Å². The van der Waals surface area contributed by atoms with E-state index in [1.807, 2.05) is 19.2 Å². The molecule has 0 saturated carbocycles. The van der Waals surface area contributed by atoms with Gasteiger partial charge in [-0.25, -0.2) is 4.98 Å². The fraction of sp³-hybridized carbons (Fsp3) is 0.643. The van der Waals surface area contributed by atoms with Crippen molar-refractivity contribution in [2.24, 2.45) is 0 Å². The maximum atomic E-state index is 6.10. The van der Waals surface area contributed by atoms with E-state index in [9.17, 15) is 0 Å². The third-order valence-electron chi connectivity index (χ3n) is 4.17. The topological polar surface area (TPSA) is 45.4 Å². The second kappa shape index (κ2) is 4.76. The van der Waals surface area contributed by atoms with Gasteiger partial charge in [0.25, 0.3) is 0 Å². The van der Waals surface area contributed by atoms with Crippen molar-refractivity contribution < 1.29 is 0 Å². The second-order valence-corrected chi connectivity index (χ2v) is 5.56. The molecule has 2 aliphatic heterocycles. The summed E-state index contributed by atoms with van der Waals surface area (Å²) in [5, 5.41) is 0. The Hall–Kier alpha value is -1.29. The summed E-state index contributed by atoms with van der Waals surface area (Å²) in [7, 11) is 0. The number of nitrogen functional groups attached to an aromatic ring is 1. The van der Waals surface area contributed by atoms with E-state index < -0.39 is 0 Å². The molecule has 1 atom stereocenters. The van der Waals surface area contributed by atoms with E-state index in [0.29, 0.717) is 6.04 Å². The van der Waals surface area contributed by atoms with Gasteiger partial charge in [0.2, 0.25) is 0 Å². The number of piperazine rings is 1. The monoisotopic (exact) mass is 246 g/mol. The standard InChI is InChI=1S/C14H22N4/c1-11-8-13(15)14(16-9-11)18-7-6-17-5-3-2-4-12(17)10-18/h8-9,12H,2-7,10,15H2,1H3. The van der Waals surface area contributed by atoms with Crippen molar-refractivity contribution in [2.45, 2.75) is 32.2 Å². The van der Waals surface area contributed by atoms with Gasteiger partial charge in [-0.3, -0.25) is 4.90 Å². The largest absolute Gasteiger partial charge is 0.396 e. The summed E-state index contributed by atoms with van der Waals surface area (Å²) >= 11 is 0. The normalized spacial score (nSPS) is 24.9. The molecule has 2 saturated heterocycles. The number of pyridine rings is 1. The van der Waals surface area contributed by atoms with Crippen LogP contribution < -0.4 is 10.6 Å². The summed E-state index contributed by atoms with van der Waals surface area (Å²) in [6, 6.07) is 2.73. The lowest BCUT2D eigenvalue weighted by Crippen LogP contribution is -2.55. The maximum absolute atomic E-state index is 6.10. The highest BCUT2D eigenvalue weighted by Gasteiger charge is 2.29. The molecule has 2 N–H and O–H groups in total. The molecule has 0 aromatic carbocycles. The molecule has 18 heavy (non-hydrogen) atoms. The second-order valence-electron chi connectivity index (χ2n) is 5.56. The van der Waals surface area contributed by atoms with Gasteiger partial charge >= 0.3 is 0 Å². The number of aryl methyl sites for hydroxylation is 1. The third-order valence-corrected chi connectivity index (χ3v) is 4.17. The van der Waals surface area contributed by atoms with E-state index in [0.717, 1.165) is 36.7 Å². The molecule has 3 rings (SSSR count). The number of aromatic nitrogens is 1. The summed E-state index contributed by atoms with van der Waals surface area (Å²) in [6.45, 7) is 6.60. The van der Waals surface area contributed by atoms with Crippen LogP contribution in [0.25, 0.3) is 0 Å². The zero-order valence-corrected chi connectivity index (χ0v) is 11.1.